The molecule has 2 aromatic rings. The zero-order chi connectivity index (χ0) is 25.5. The van der Waals surface area contributed by atoms with E-state index < -0.39 is 36.3 Å². The third-order valence-corrected chi connectivity index (χ3v) is 4.57. The van der Waals surface area contributed by atoms with E-state index in [1.807, 2.05) is 13.0 Å². The molecule has 0 saturated heterocycles. The van der Waals surface area contributed by atoms with Gasteiger partial charge >= 0.3 is 6.18 Å². The summed E-state index contributed by atoms with van der Waals surface area (Å²) in [6.45, 7) is 0.904. The summed E-state index contributed by atoms with van der Waals surface area (Å²) in [4.78, 5) is 36.1. The van der Waals surface area contributed by atoms with Gasteiger partial charge in [0.15, 0.2) is 0 Å². The number of benzene rings is 2. The maximum atomic E-state index is 14.1. The fraction of sp³-hybridized carbons (Fsp3) is 0.318. The molecule has 0 atom stereocenters. The van der Waals surface area contributed by atoms with Crippen LogP contribution in [0, 0.1) is 19.7 Å². The first-order valence-corrected chi connectivity index (χ1v) is 9.99. The number of halogens is 4. The molecule has 0 fully saturated rings. The molecule has 0 aliphatic carbocycles. The van der Waals surface area contributed by atoms with Gasteiger partial charge in [0.25, 0.3) is 5.91 Å². The second-order valence-corrected chi connectivity index (χ2v) is 7.31. The van der Waals surface area contributed by atoms with Crippen molar-refractivity contribution in [3.8, 4) is 5.75 Å². The Morgan fingerprint density at radius 1 is 0.941 bits per heavy atom. The van der Waals surface area contributed by atoms with E-state index in [-0.39, 0.29) is 29.9 Å². The van der Waals surface area contributed by atoms with Crippen molar-refractivity contribution in [2.75, 3.05) is 37.4 Å². The SMILES string of the molecule is COc1ccc(C)cc1NC(=O)CNC(=O)CNc1cc(C(=O)NCC(F)(F)F)cc(F)c1C. The molecule has 0 bridgehead atoms. The van der Waals surface area contributed by atoms with Crippen LogP contribution in [-0.4, -0.2) is 50.6 Å². The number of ether oxygens (including phenoxy) is 1. The lowest BCUT2D eigenvalue weighted by atomic mass is 10.1. The van der Waals surface area contributed by atoms with E-state index in [2.05, 4.69) is 16.0 Å². The summed E-state index contributed by atoms with van der Waals surface area (Å²) in [5.41, 5.74) is 1.08. The van der Waals surface area contributed by atoms with Crippen LogP contribution >= 0.6 is 0 Å². The largest absolute Gasteiger partial charge is 0.495 e. The summed E-state index contributed by atoms with van der Waals surface area (Å²) in [5.74, 6) is -2.63. The summed E-state index contributed by atoms with van der Waals surface area (Å²) < 4.78 is 56.2. The molecular formula is C22H24F4N4O4. The molecule has 2 rings (SSSR count). The van der Waals surface area contributed by atoms with Crippen molar-refractivity contribution in [3.05, 3.63) is 52.8 Å². The Morgan fingerprint density at radius 2 is 1.65 bits per heavy atom. The lowest BCUT2D eigenvalue weighted by molar-refractivity contribution is -0.123. The van der Waals surface area contributed by atoms with Gasteiger partial charge in [-0.1, -0.05) is 6.07 Å². The number of methoxy groups -OCH3 is 1. The topological polar surface area (TPSA) is 109 Å². The lowest BCUT2D eigenvalue weighted by Gasteiger charge is -2.14. The number of hydrogen-bond acceptors (Lipinski definition) is 5. The van der Waals surface area contributed by atoms with E-state index in [9.17, 15) is 31.9 Å². The zero-order valence-corrected chi connectivity index (χ0v) is 18.7. The van der Waals surface area contributed by atoms with Crippen LogP contribution < -0.4 is 26.0 Å². The number of aryl methyl sites for hydroxylation is 1. The van der Waals surface area contributed by atoms with Crippen molar-refractivity contribution in [2.24, 2.45) is 0 Å². The average molecular weight is 484 g/mol. The third kappa shape index (κ3) is 7.94. The van der Waals surface area contributed by atoms with Gasteiger partial charge in [-0.2, -0.15) is 13.2 Å². The maximum Gasteiger partial charge on any atom is 0.405 e. The fourth-order valence-electron chi connectivity index (χ4n) is 2.81. The van der Waals surface area contributed by atoms with Gasteiger partial charge in [0.1, 0.15) is 18.1 Å². The highest BCUT2D eigenvalue weighted by molar-refractivity contribution is 5.97. The molecule has 3 amide bonds. The summed E-state index contributed by atoms with van der Waals surface area (Å²) >= 11 is 0. The number of alkyl halides is 3. The molecule has 0 aliphatic heterocycles. The van der Waals surface area contributed by atoms with Crippen molar-refractivity contribution in [1.82, 2.24) is 10.6 Å². The average Bonchev–Trinajstić information content (AvgIpc) is 2.76. The van der Waals surface area contributed by atoms with E-state index in [1.165, 1.54) is 14.0 Å². The number of amides is 3. The minimum absolute atomic E-state index is 0.0428. The van der Waals surface area contributed by atoms with Crippen LogP contribution in [0.25, 0.3) is 0 Å². The highest BCUT2D eigenvalue weighted by atomic mass is 19.4. The molecule has 0 radical (unpaired) electrons. The minimum atomic E-state index is -4.62. The normalized spacial score (nSPS) is 10.9. The first-order chi connectivity index (χ1) is 15.9. The molecule has 12 heteroatoms. The molecule has 0 saturated carbocycles. The van der Waals surface area contributed by atoms with Crippen LogP contribution in [0.15, 0.2) is 30.3 Å². The molecule has 2 aromatic carbocycles. The van der Waals surface area contributed by atoms with Crippen molar-refractivity contribution >= 4 is 29.1 Å². The predicted molar refractivity (Wildman–Crippen MR) is 117 cm³/mol. The first-order valence-electron chi connectivity index (χ1n) is 9.99. The van der Waals surface area contributed by atoms with E-state index >= 15 is 0 Å². The fourth-order valence-corrected chi connectivity index (χ4v) is 2.81. The number of carbonyl (C=O) groups is 3. The molecule has 0 unspecified atom stereocenters. The number of rotatable bonds is 9. The van der Waals surface area contributed by atoms with Crippen LogP contribution in [0.4, 0.5) is 28.9 Å². The van der Waals surface area contributed by atoms with Crippen LogP contribution in [-0.2, 0) is 9.59 Å². The smallest absolute Gasteiger partial charge is 0.405 e. The Balaban J connectivity index is 1.93. The van der Waals surface area contributed by atoms with Crippen molar-refractivity contribution < 1.29 is 36.7 Å². The summed E-state index contributed by atoms with van der Waals surface area (Å²) in [5, 5.41) is 9.26. The maximum absolute atomic E-state index is 14.1. The number of hydrogen-bond donors (Lipinski definition) is 4. The number of nitrogens with one attached hydrogen (secondary N) is 4. The van der Waals surface area contributed by atoms with Gasteiger partial charge < -0.3 is 26.0 Å². The molecule has 4 N–H and O–H groups in total. The standard InChI is InChI=1S/C22H24F4N4O4/c1-12-4-5-18(34-3)17(6-12)30-20(32)10-28-19(31)9-27-16-8-14(7-15(23)13(16)2)21(33)29-11-22(24,25)26/h4-8,27H,9-11H2,1-3H3,(H,28,31)(H,29,33)(H,30,32). The molecule has 0 heterocycles. The van der Waals surface area contributed by atoms with Crippen molar-refractivity contribution in [1.29, 1.82) is 0 Å². The molecule has 184 valence electrons. The van der Waals surface area contributed by atoms with Gasteiger partial charge in [0, 0.05) is 16.8 Å². The Morgan fingerprint density at radius 3 is 2.29 bits per heavy atom. The molecule has 8 nitrogen and oxygen atoms in total. The minimum Gasteiger partial charge on any atom is -0.495 e. The second-order valence-electron chi connectivity index (χ2n) is 7.31. The Kier molecular flexibility index (Phi) is 8.82. The Bertz CT molecular complexity index is 1070. The van der Waals surface area contributed by atoms with E-state index in [0.717, 1.165) is 17.7 Å². The van der Waals surface area contributed by atoms with Gasteiger partial charge in [0.05, 0.1) is 25.9 Å². The van der Waals surface area contributed by atoms with Gasteiger partial charge in [-0.25, -0.2) is 4.39 Å². The van der Waals surface area contributed by atoms with Gasteiger partial charge in [-0.3, -0.25) is 14.4 Å². The summed E-state index contributed by atoms with van der Waals surface area (Å²) in [6, 6.07) is 7.13. The summed E-state index contributed by atoms with van der Waals surface area (Å²) in [7, 11) is 1.45. The lowest BCUT2D eigenvalue weighted by Crippen LogP contribution is -2.36. The van der Waals surface area contributed by atoms with Gasteiger partial charge in [0.2, 0.25) is 11.8 Å². The number of carbonyl (C=O) groups excluding carboxylic acids is 3. The predicted octanol–water partition coefficient (Wildman–Crippen LogP) is 2.91. The second kappa shape index (κ2) is 11.3. The van der Waals surface area contributed by atoms with Crippen LogP contribution in [0.5, 0.6) is 5.75 Å². The quantitative estimate of drug-likeness (QED) is 0.410. The monoisotopic (exact) mass is 484 g/mol. The van der Waals surface area contributed by atoms with Crippen molar-refractivity contribution in [3.63, 3.8) is 0 Å². The zero-order valence-electron chi connectivity index (χ0n) is 18.7. The first kappa shape index (κ1) is 26.4. The van der Waals surface area contributed by atoms with Crippen LogP contribution in [0.1, 0.15) is 21.5 Å². The van der Waals surface area contributed by atoms with Crippen LogP contribution in [0.2, 0.25) is 0 Å². The van der Waals surface area contributed by atoms with Gasteiger partial charge in [-0.05, 0) is 43.7 Å². The molecule has 34 heavy (non-hydrogen) atoms. The van der Waals surface area contributed by atoms with E-state index in [1.54, 1.807) is 17.4 Å². The van der Waals surface area contributed by atoms with Crippen molar-refractivity contribution in [2.45, 2.75) is 20.0 Å². The molecular weight excluding hydrogens is 460 g/mol. The molecule has 0 aromatic heterocycles. The Hall–Kier alpha value is -3.83. The summed E-state index contributed by atoms with van der Waals surface area (Å²) in [6.07, 6.45) is -4.62. The van der Waals surface area contributed by atoms with Crippen LogP contribution in [0.3, 0.4) is 0 Å². The van der Waals surface area contributed by atoms with E-state index in [0.29, 0.717) is 11.4 Å². The van der Waals surface area contributed by atoms with Gasteiger partial charge in [-0.15, -0.1) is 0 Å². The number of anilines is 2. The highest BCUT2D eigenvalue weighted by Crippen LogP contribution is 2.25. The Labute approximate surface area is 193 Å². The third-order valence-electron chi connectivity index (χ3n) is 4.57. The van der Waals surface area contributed by atoms with E-state index in [4.69, 9.17) is 4.74 Å². The molecule has 0 spiro atoms. The molecule has 0 aliphatic rings. The highest BCUT2D eigenvalue weighted by Gasteiger charge is 2.28.